The number of hydrogen-bond donors (Lipinski definition) is 0. The third kappa shape index (κ3) is 1.21. The van der Waals surface area contributed by atoms with Crippen LogP contribution in [0.15, 0.2) is 30.3 Å². The lowest BCUT2D eigenvalue weighted by Gasteiger charge is -2.19. The van der Waals surface area contributed by atoms with Gasteiger partial charge in [-0.2, -0.15) is 0 Å². The van der Waals surface area contributed by atoms with Gasteiger partial charge in [0.15, 0.2) is 0 Å². The van der Waals surface area contributed by atoms with Crippen molar-refractivity contribution in [1.29, 1.82) is 0 Å². The van der Waals surface area contributed by atoms with Crippen LogP contribution in [0.2, 0.25) is 0 Å². The zero-order valence-corrected chi connectivity index (χ0v) is 8.94. The lowest BCUT2D eigenvalue weighted by Crippen LogP contribution is -2.30. The molecule has 15 heavy (non-hydrogen) atoms. The second-order valence-electron chi connectivity index (χ2n) is 4.82. The average Bonchev–Trinajstić information content (AvgIpc) is 2.83. The van der Waals surface area contributed by atoms with Crippen LogP contribution in [0, 0.1) is 5.92 Å². The van der Waals surface area contributed by atoms with Crippen molar-refractivity contribution < 1.29 is 4.79 Å². The molecule has 2 heteroatoms. The van der Waals surface area contributed by atoms with E-state index in [9.17, 15) is 4.79 Å². The molecule has 1 aliphatic carbocycles. The molecule has 1 amide bonds. The number of nitrogens with zero attached hydrogens (tertiary/aromatic N) is 1. The molecule has 2 atom stereocenters. The first-order valence-corrected chi connectivity index (χ1v) is 5.53. The molecule has 1 saturated heterocycles. The standard InChI is InChI=1S/C13H15NO/c1-10(15)14-8-12-7-13(12,9-14)11-5-3-2-4-6-11/h2-6,12H,7-9H2,1H3. The lowest BCUT2D eigenvalue weighted by molar-refractivity contribution is -0.128. The molecule has 1 aromatic rings. The molecule has 2 unspecified atom stereocenters. The Morgan fingerprint density at radius 2 is 2.13 bits per heavy atom. The average molecular weight is 201 g/mol. The monoisotopic (exact) mass is 201 g/mol. The quantitative estimate of drug-likeness (QED) is 0.678. The first kappa shape index (κ1) is 8.96. The van der Waals surface area contributed by atoms with Gasteiger partial charge in [-0.15, -0.1) is 0 Å². The predicted octanol–water partition coefficient (Wildman–Crippen LogP) is 1.81. The number of amides is 1. The van der Waals surface area contributed by atoms with E-state index >= 15 is 0 Å². The van der Waals surface area contributed by atoms with Crippen molar-refractivity contribution in [2.24, 2.45) is 5.92 Å². The first-order chi connectivity index (χ1) is 7.22. The molecule has 0 radical (unpaired) electrons. The predicted molar refractivity (Wildman–Crippen MR) is 58.5 cm³/mol. The van der Waals surface area contributed by atoms with Crippen molar-refractivity contribution in [2.75, 3.05) is 13.1 Å². The highest BCUT2D eigenvalue weighted by Crippen LogP contribution is 2.58. The van der Waals surface area contributed by atoms with Crippen molar-refractivity contribution in [3.63, 3.8) is 0 Å². The summed E-state index contributed by atoms with van der Waals surface area (Å²) < 4.78 is 0. The third-order valence-electron chi connectivity index (χ3n) is 3.94. The van der Waals surface area contributed by atoms with E-state index in [1.165, 1.54) is 12.0 Å². The molecule has 0 N–H and O–H groups in total. The molecule has 1 saturated carbocycles. The highest BCUT2D eigenvalue weighted by Gasteiger charge is 2.61. The van der Waals surface area contributed by atoms with Crippen LogP contribution in [-0.4, -0.2) is 23.9 Å². The van der Waals surface area contributed by atoms with Crippen molar-refractivity contribution in [2.45, 2.75) is 18.8 Å². The number of piperidine rings is 1. The minimum Gasteiger partial charge on any atom is -0.342 e. The van der Waals surface area contributed by atoms with Crippen LogP contribution in [0.25, 0.3) is 0 Å². The van der Waals surface area contributed by atoms with Crippen LogP contribution in [0.4, 0.5) is 0 Å². The summed E-state index contributed by atoms with van der Waals surface area (Å²) in [5, 5.41) is 0. The number of carbonyl (C=O) groups is 1. The molecule has 78 valence electrons. The summed E-state index contributed by atoms with van der Waals surface area (Å²) in [6.45, 7) is 3.56. The van der Waals surface area contributed by atoms with Gasteiger partial charge in [0.05, 0.1) is 0 Å². The smallest absolute Gasteiger partial charge is 0.219 e. The largest absolute Gasteiger partial charge is 0.342 e. The van der Waals surface area contributed by atoms with Crippen molar-refractivity contribution in [3.8, 4) is 0 Å². The SMILES string of the molecule is CC(=O)N1CC2CC2(c2ccccc2)C1. The first-order valence-electron chi connectivity index (χ1n) is 5.53. The van der Waals surface area contributed by atoms with Gasteiger partial charge in [0.25, 0.3) is 0 Å². The fourth-order valence-corrected chi connectivity index (χ4v) is 2.94. The van der Waals surface area contributed by atoms with E-state index in [-0.39, 0.29) is 5.91 Å². The van der Waals surface area contributed by atoms with Gasteiger partial charge in [-0.3, -0.25) is 4.79 Å². The fraction of sp³-hybridized carbons (Fsp3) is 0.462. The molecule has 1 heterocycles. The van der Waals surface area contributed by atoms with E-state index in [0.29, 0.717) is 11.3 Å². The van der Waals surface area contributed by atoms with Crippen molar-refractivity contribution in [3.05, 3.63) is 35.9 Å². The highest BCUT2D eigenvalue weighted by atomic mass is 16.2. The molecule has 2 fully saturated rings. The normalized spacial score (nSPS) is 32.6. The molecule has 0 spiro atoms. The summed E-state index contributed by atoms with van der Waals surface area (Å²) in [4.78, 5) is 13.3. The van der Waals surface area contributed by atoms with Gasteiger partial charge in [-0.1, -0.05) is 30.3 Å². The van der Waals surface area contributed by atoms with Crippen LogP contribution in [0.1, 0.15) is 18.9 Å². The van der Waals surface area contributed by atoms with Gasteiger partial charge in [-0.05, 0) is 17.9 Å². The molecule has 2 nitrogen and oxygen atoms in total. The van der Waals surface area contributed by atoms with Crippen molar-refractivity contribution >= 4 is 5.91 Å². The Hall–Kier alpha value is -1.31. The summed E-state index contributed by atoms with van der Waals surface area (Å²) in [5.41, 5.74) is 1.73. The van der Waals surface area contributed by atoms with Gasteiger partial charge >= 0.3 is 0 Å². The zero-order chi connectivity index (χ0) is 10.5. The maximum Gasteiger partial charge on any atom is 0.219 e. The van der Waals surface area contributed by atoms with Gasteiger partial charge in [0.2, 0.25) is 5.91 Å². The summed E-state index contributed by atoms with van der Waals surface area (Å²) in [5.74, 6) is 0.932. The molecule has 1 aromatic carbocycles. The van der Waals surface area contributed by atoms with Crippen LogP contribution < -0.4 is 0 Å². The second kappa shape index (κ2) is 2.84. The maximum atomic E-state index is 11.3. The lowest BCUT2D eigenvalue weighted by atomic mass is 9.95. The minimum absolute atomic E-state index is 0.220. The van der Waals surface area contributed by atoms with E-state index in [1.54, 1.807) is 6.92 Å². The maximum absolute atomic E-state index is 11.3. The van der Waals surface area contributed by atoms with Gasteiger partial charge in [0, 0.05) is 25.4 Å². The zero-order valence-electron chi connectivity index (χ0n) is 8.94. The Morgan fingerprint density at radius 1 is 1.40 bits per heavy atom. The summed E-state index contributed by atoms with van der Waals surface area (Å²) in [7, 11) is 0. The summed E-state index contributed by atoms with van der Waals surface area (Å²) in [6, 6.07) is 10.6. The van der Waals surface area contributed by atoms with E-state index < -0.39 is 0 Å². The topological polar surface area (TPSA) is 20.3 Å². The number of carbonyl (C=O) groups excluding carboxylic acids is 1. The van der Waals surface area contributed by atoms with E-state index in [4.69, 9.17) is 0 Å². The van der Waals surface area contributed by atoms with Crippen LogP contribution in [0.3, 0.4) is 0 Å². The number of rotatable bonds is 1. The Kier molecular flexibility index (Phi) is 1.70. The highest BCUT2D eigenvalue weighted by molar-refractivity contribution is 5.74. The molecule has 2 aliphatic rings. The Labute approximate surface area is 89.9 Å². The Morgan fingerprint density at radius 3 is 2.73 bits per heavy atom. The van der Waals surface area contributed by atoms with Crippen LogP contribution in [-0.2, 0) is 10.2 Å². The molecular weight excluding hydrogens is 186 g/mol. The Balaban J connectivity index is 1.88. The molecule has 0 aromatic heterocycles. The molecular formula is C13H15NO. The molecule has 1 aliphatic heterocycles. The number of hydrogen-bond acceptors (Lipinski definition) is 1. The van der Waals surface area contributed by atoms with E-state index in [1.807, 2.05) is 4.90 Å². The Bertz CT molecular complexity index is 400. The van der Waals surface area contributed by atoms with Gasteiger partial charge in [0.1, 0.15) is 0 Å². The summed E-state index contributed by atoms with van der Waals surface area (Å²) in [6.07, 6.45) is 1.26. The fourth-order valence-electron chi connectivity index (χ4n) is 2.94. The van der Waals surface area contributed by atoms with Crippen LogP contribution in [0.5, 0.6) is 0 Å². The summed E-state index contributed by atoms with van der Waals surface area (Å²) >= 11 is 0. The molecule has 0 bridgehead atoms. The minimum atomic E-state index is 0.220. The van der Waals surface area contributed by atoms with E-state index in [2.05, 4.69) is 30.3 Å². The second-order valence-corrected chi connectivity index (χ2v) is 4.82. The number of benzene rings is 1. The van der Waals surface area contributed by atoms with E-state index in [0.717, 1.165) is 13.1 Å². The third-order valence-corrected chi connectivity index (χ3v) is 3.94. The van der Waals surface area contributed by atoms with Gasteiger partial charge < -0.3 is 4.90 Å². The van der Waals surface area contributed by atoms with Gasteiger partial charge in [-0.25, -0.2) is 0 Å². The number of fused-ring (bicyclic) bond motifs is 1. The molecule has 3 rings (SSSR count). The number of likely N-dealkylation sites (tertiary alicyclic amines) is 1. The van der Waals surface area contributed by atoms with Crippen LogP contribution >= 0.6 is 0 Å². The van der Waals surface area contributed by atoms with Crippen molar-refractivity contribution in [1.82, 2.24) is 4.90 Å².